The van der Waals surface area contributed by atoms with Crippen LogP contribution in [0, 0.1) is 0 Å². The molecular weight excluding hydrogens is 334 g/mol. The fraction of sp³-hybridized carbons (Fsp3) is 0.429. The SMILES string of the molecule is COc1ccc(CCN2CCC(c3ccc(Cl)cc3)CC2)cc1OC. The Morgan fingerprint density at radius 3 is 2.28 bits per heavy atom. The van der Waals surface area contributed by atoms with Gasteiger partial charge >= 0.3 is 0 Å². The standard InChI is InChI=1S/C21H26ClNO2/c1-24-20-8-3-16(15-21(20)25-2)9-12-23-13-10-18(11-14-23)17-4-6-19(22)7-5-17/h3-8,15,18H,9-14H2,1-2H3. The molecule has 134 valence electrons. The van der Waals surface area contributed by atoms with E-state index in [1.807, 2.05) is 18.2 Å². The minimum atomic E-state index is 0.662. The molecule has 0 aliphatic carbocycles. The highest BCUT2D eigenvalue weighted by Crippen LogP contribution is 2.30. The molecule has 25 heavy (non-hydrogen) atoms. The number of halogens is 1. The van der Waals surface area contributed by atoms with E-state index in [0.29, 0.717) is 5.92 Å². The summed E-state index contributed by atoms with van der Waals surface area (Å²) in [4.78, 5) is 2.56. The summed E-state index contributed by atoms with van der Waals surface area (Å²) in [6.45, 7) is 3.39. The van der Waals surface area contributed by atoms with Gasteiger partial charge in [0.05, 0.1) is 14.2 Å². The van der Waals surface area contributed by atoms with Crippen LogP contribution in [-0.4, -0.2) is 38.8 Å². The molecule has 0 unspecified atom stereocenters. The number of methoxy groups -OCH3 is 2. The lowest BCUT2D eigenvalue weighted by atomic mass is 9.89. The first-order valence-electron chi connectivity index (χ1n) is 8.88. The largest absolute Gasteiger partial charge is 0.493 e. The van der Waals surface area contributed by atoms with Gasteiger partial charge in [0, 0.05) is 11.6 Å². The Morgan fingerprint density at radius 1 is 0.960 bits per heavy atom. The van der Waals surface area contributed by atoms with Crippen LogP contribution in [0.5, 0.6) is 11.5 Å². The van der Waals surface area contributed by atoms with E-state index in [-0.39, 0.29) is 0 Å². The van der Waals surface area contributed by atoms with Crippen molar-refractivity contribution in [2.45, 2.75) is 25.2 Å². The van der Waals surface area contributed by atoms with Gasteiger partial charge in [0.2, 0.25) is 0 Å². The van der Waals surface area contributed by atoms with Crippen LogP contribution in [0.15, 0.2) is 42.5 Å². The highest BCUT2D eigenvalue weighted by Gasteiger charge is 2.20. The predicted molar refractivity (Wildman–Crippen MR) is 103 cm³/mol. The van der Waals surface area contributed by atoms with Gasteiger partial charge in [0.1, 0.15) is 0 Å². The third-order valence-electron chi connectivity index (χ3n) is 5.09. The molecule has 0 N–H and O–H groups in total. The van der Waals surface area contributed by atoms with Crippen LogP contribution in [0.3, 0.4) is 0 Å². The zero-order valence-electron chi connectivity index (χ0n) is 15.0. The lowest BCUT2D eigenvalue weighted by Crippen LogP contribution is -2.34. The van der Waals surface area contributed by atoms with E-state index in [9.17, 15) is 0 Å². The number of rotatable bonds is 6. The van der Waals surface area contributed by atoms with Crippen molar-refractivity contribution < 1.29 is 9.47 Å². The number of benzene rings is 2. The van der Waals surface area contributed by atoms with Crippen molar-refractivity contribution in [1.29, 1.82) is 0 Å². The molecule has 0 aromatic heterocycles. The molecule has 1 aliphatic rings. The number of piperidine rings is 1. The van der Waals surface area contributed by atoms with Crippen molar-refractivity contribution in [2.75, 3.05) is 33.9 Å². The summed E-state index contributed by atoms with van der Waals surface area (Å²) in [5.74, 6) is 2.26. The number of ether oxygens (including phenoxy) is 2. The Balaban J connectivity index is 1.50. The van der Waals surface area contributed by atoms with E-state index in [0.717, 1.165) is 42.6 Å². The first kappa shape index (κ1) is 18.1. The van der Waals surface area contributed by atoms with Gasteiger partial charge in [-0.15, -0.1) is 0 Å². The maximum absolute atomic E-state index is 5.99. The average Bonchev–Trinajstić information content (AvgIpc) is 2.67. The molecule has 0 radical (unpaired) electrons. The van der Waals surface area contributed by atoms with Crippen LogP contribution < -0.4 is 9.47 Å². The zero-order chi connectivity index (χ0) is 17.6. The number of hydrogen-bond acceptors (Lipinski definition) is 3. The molecule has 0 atom stereocenters. The van der Waals surface area contributed by atoms with Gasteiger partial charge < -0.3 is 14.4 Å². The Bertz CT molecular complexity index is 679. The van der Waals surface area contributed by atoms with E-state index in [4.69, 9.17) is 21.1 Å². The highest BCUT2D eigenvalue weighted by molar-refractivity contribution is 6.30. The minimum absolute atomic E-state index is 0.662. The first-order chi connectivity index (χ1) is 12.2. The molecule has 0 spiro atoms. The Hall–Kier alpha value is -1.71. The molecule has 3 rings (SSSR count). The van der Waals surface area contributed by atoms with Gasteiger partial charge in [-0.05, 0) is 73.7 Å². The Kier molecular flexibility index (Phi) is 6.22. The second-order valence-corrected chi connectivity index (χ2v) is 7.04. The van der Waals surface area contributed by atoms with E-state index >= 15 is 0 Å². The fourth-order valence-corrected chi connectivity index (χ4v) is 3.67. The second kappa shape index (κ2) is 8.59. The van der Waals surface area contributed by atoms with Crippen LogP contribution in [0.2, 0.25) is 5.02 Å². The monoisotopic (exact) mass is 359 g/mol. The van der Waals surface area contributed by atoms with Crippen molar-refractivity contribution in [1.82, 2.24) is 4.90 Å². The van der Waals surface area contributed by atoms with Gasteiger partial charge in [-0.1, -0.05) is 29.8 Å². The lowest BCUT2D eigenvalue weighted by molar-refractivity contribution is 0.214. The maximum atomic E-state index is 5.99. The third-order valence-corrected chi connectivity index (χ3v) is 5.35. The highest BCUT2D eigenvalue weighted by atomic mass is 35.5. The maximum Gasteiger partial charge on any atom is 0.160 e. The zero-order valence-corrected chi connectivity index (χ0v) is 15.8. The van der Waals surface area contributed by atoms with Crippen LogP contribution >= 0.6 is 11.6 Å². The van der Waals surface area contributed by atoms with Crippen LogP contribution in [0.1, 0.15) is 29.9 Å². The summed E-state index contributed by atoms with van der Waals surface area (Å²) in [7, 11) is 3.35. The van der Waals surface area contributed by atoms with E-state index in [1.54, 1.807) is 14.2 Å². The molecule has 1 fully saturated rings. The topological polar surface area (TPSA) is 21.7 Å². The number of likely N-dealkylation sites (tertiary alicyclic amines) is 1. The van der Waals surface area contributed by atoms with Crippen molar-refractivity contribution >= 4 is 11.6 Å². The minimum Gasteiger partial charge on any atom is -0.493 e. The van der Waals surface area contributed by atoms with E-state index in [1.165, 1.54) is 24.0 Å². The van der Waals surface area contributed by atoms with Crippen molar-refractivity contribution in [2.24, 2.45) is 0 Å². The Labute approximate surface area is 155 Å². The first-order valence-corrected chi connectivity index (χ1v) is 9.26. The van der Waals surface area contributed by atoms with Crippen LogP contribution in [-0.2, 0) is 6.42 Å². The molecule has 0 bridgehead atoms. The average molecular weight is 360 g/mol. The molecule has 2 aromatic rings. The van der Waals surface area contributed by atoms with Gasteiger partial charge in [0.15, 0.2) is 11.5 Å². The van der Waals surface area contributed by atoms with Crippen molar-refractivity contribution in [3.8, 4) is 11.5 Å². The quantitative estimate of drug-likeness (QED) is 0.740. The molecule has 3 nitrogen and oxygen atoms in total. The van der Waals surface area contributed by atoms with Crippen molar-refractivity contribution in [3.05, 3.63) is 58.6 Å². The number of nitrogens with zero attached hydrogens (tertiary/aromatic N) is 1. The molecule has 1 saturated heterocycles. The normalized spacial score (nSPS) is 16.0. The second-order valence-electron chi connectivity index (χ2n) is 6.61. The van der Waals surface area contributed by atoms with Crippen LogP contribution in [0.4, 0.5) is 0 Å². The molecule has 1 aliphatic heterocycles. The van der Waals surface area contributed by atoms with Gasteiger partial charge in [-0.25, -0.2) is 0 Å². The number of hydrogen-bond donors (Lipinski definition) is 0. The van der Waals surface area contributed by atoms with Gasteiger partial charge in [-0.3, -0.25) is 0 Å². The molecule has 0 saturated carbocycles. The predicted octanol–water partition coefficient (Wildman–Crippen LogP) is 4.78. The summed E-state index contributed by atoms with van der Waals surface area (Å²) in [6.07, 6.45) is 3.47. The smallest absolute Gasteiger partial charge is 0.160 e. The summed E-state index contributed by atoms with van der Waals surface area (Å²) < 4.78 is 10.7. The summed E-state index contributed by atoms with van der Waals surface area (Å²) in [5.41, 5.74) is 2.71. The van der Waals surface area contributed by atoms with Crippen molar-refractivity contribution in [3.63, 3.8) is 0 Å². The van der Waals surface area contributed by atoms with E-state index in [2.05, 4.69) is 29.2 Å². The molecule has 4 heteroatoms. The molecular formula is C21H26ClNO2. The summed E-state index contributed by atoms with van der Waals surface area (Å²) in [6, 6.07) is 14.5. The molecule has 1 heterocycles. The van der Waals surface area contributed by atoms with Gasteiger partial charge in [0.25, 0.3) is 0 Å². The Morgan fingerprint density at radius 2 is 1.64 bits per heavy atom. The summed E-state index contributed by atoms with van der Waals surface area (Å²) in [5, 5.41) is 0.816. The summed E-state index contributed by atoms with van der Waals surface area (Å²) >= 11 is 5.99. The fourth-order valence-electron chi connectivity index (χ4n) is 3.55. The van der Waals surface area contributed by atoms with E-state index < -0.39 is 0 Å². The molecule has 2 aromatic carbocycles. The third kappa shape index (κ3) is 4.68. The van der Waals surface area contributed by atoms with Crippen LogP contribution in [0.25, 0.3) is 0 Å². The lowest BCUT2D eigenvalue weighted by Gasteiger charge is -2.32. The molecule has 0 amide bonds. The van der Waals surface area contributed by atoms with Gasteiger partial charge in [-0.2, -0.15) is 0 Å².